The summed E-state index contributed by atoms with van der Waals surface area (Å²) in [6.07, 6.45) is -4.76. The molecule has 1 amide bonds. The first-order valence-corrected chi connectivity index (χ1v) is 7.32. The van der Waals surface area contributed by atoms with Gasteiger partial charge in [0, 0.05) is 12.1 Å². The minimum Gasteiger partial charge on any atom is -0.362 e. The highest BCUT2D eigenvalue weighted by atomic mass is 32.1. The normalized spacial score (nSPS) is 22.6. The number of hydrogen-bond donors (Lipinski definition) is 1. The van der Waals surface area contributed by atoms with Crippen LogP contribution in [-0.2, 0) is 0 Å². The Morgan fingerprint density at radius 1 is 1.57 bits per heavy atom. The van der Waals surface area contributed by atoms with Crippen molar-refractivity contribution in [2.45, 2.75) is 45.0 Å². The Balaban J connectivity index is 2.38. The van der Waals surface area contributed by atoms with E-state index in [1.807, 2.05) is 0 Å². The summed E-state index contributed by atoms with van der Waals surface area (Å²) < 4.78 is 39.5. The molecule has 0 fully saturated rings. The molecule has 0 saturated carbocycles. The molecule has 21 heavy (non-hydrogen) atoms. The van der Waals surface area contributed by atoms with Crippen LogP contribution in [0.5, 0.6) is 0 Å². The maximum absolute atomic E-state index is 13.2. The van der Waals surface area contributed by atoms with Crippen LogP contribution in [0.25, 0.3) is 0 Å². The lowest BCUT2D eigenvalue weighted by molar-refractivity contribution is -0.297. The van der Waals surface area contributed by atoms with Crippen LogP contribution in [0.15, 0.2) is 16.5 Å². The number of rotatable bonds is 3. The van der Waals surface area contributed by atoms with Crippen LogP contribution >= 0.6 is 11.3 Å². The molecule has 0 aliphatic carbocycles. The Hall–Kier alpha value is -1.41. The topological polar surface area (TPSA) is 52.9 Å². The minimum atomic E-state index is -4.96. The Kier molecular flexibility index (Phi) is 4.12. The molecule has 1 aliphatic heterocycles. The van der Waals surface area contributed by atoms with Gasteiger partial charge in [0.2, 0.25) is 0 Å². The number of aryl methyl sites for hydroxylation is 1. The molecule has 0 unspecified atom stereocenters. The number of thiophene rings is 1. The summed E-state index contributed by atoms with van der Waals surface area (Å²) in [5.74, 6) is -0.931. The van der Waals surface area contributed by atoms with Gasteiger partial charge in [-0.25, -0.2) is 0 Å². The number of alkyl halides is 3. The highest BCUT2D eigenvalue weighted by Crippen LogP contribution is 2.41. The number of nitrogens with zero attached hydrogens (tertiary/aromatic N) is 2. The van der Waals surface area contributed by atoms with Crippen molar-refractivity contribution in [1.29, 1.82) is 0 Å². The van der Waals surface area contributed by atoms with Gasteiger partial charge in [-0.15, -0.1) is 11.3 Å². The van der Waals surface area contributed by atoms with E-state index in [0.29, 0.717) is 12.8 Å². The van der Waals surface area contributed by atoms with E-state index in [9.17, 15) is 23.1 Å². The summed E-state index contributed by atoms with van der Waals surface area (Å²) in [4.78, 5) is 12.4. The number of hydrogen-bond acceptors (Lipinski definition) is 4. The van der Waals surface area contributed by atoms with Crippen LogP contribution in [0, 0.1) is 6.92 Å². The summed E-state index contributed by atoms with van der Waals surface area (Å²) in [5, 5.41) is 15.6. The third-order valence-electron chi connectivity index (χ3n) is 3.17. The van der Waals surface area contributed by atoms with Crippen LogP contribution in [-0.4, -0.2) is 33.6 Å². The molecular weight excluding hydrogens is 305 g/mol. The summed E-state index contributed by atoms with van der Waals surface area (Å²) >= 11 is 1.03. The van der Waals surface area contributed by atoms with E-state index in [1.54, 1.807) is 19.2 Å². The van der Waals surface area contributed by atoms with Crippen molar-refractivity contribution < 1.29 is 23.1 Å². The standard InChI is InChI=1S/C13H15F3N2O2S/c1-3-4-9-6-12(20,13(14,15)16)18(17-9)11(19)10-5-8(2)7-21-10/h5,7,20H,3-4,6H2,1-2H3/t12-/m0/s1. The lowest BCUT2D eigenvalue weighted by Crippen LogP contribution is -2.56. The van der Waals surface area contributed by atoms with E-state index in [1.165, 1.54) is 6.07 Å². The van der Waals surface area contributed by atoms with Crippen LogP contribution in [0.2, 0.25) is 0 Å². The second-order valence-corrected chi connectivity index (χ2v) is 5.92. The van der Waals surface area contributed by atoms with Gasteiger partial charge in [0.15, 0.2) is 0 Å². The zero-order chi connectivity index (χ0) is 15.8. The molecule has 1 aliphatic rings. The number of carbonyl (C=O) groups excluding carboxylic acids is 1. The highest BCUT2D eigenvalue weighted by molar-refractivity contribution is 7.12. The van der Waals surface area contributed by atoms with Gasteiger partial charge in [-0.05, 0) is 30.4 Å². The monoisotopic (exact) mass is 320 g/mol. The van der Waals surface area contributed by atoms with Crippen LogP contribution in [0.1, 0.15) is 41.4 Å². The molecule has 1 N–H and O–H groups in total. The fourth-order valence-corrected chi connectivity index (χ4v) is 2.95. The summed E-state index contributed by atoms with van der Waals surface area (Å²) in [7, 11) is 0. The summed E-state index contributed by atoms with van der Waals surface area (Å²) in [5.41, 5.74) is -2.30. The Morgan fingerprint density at radius 2 is 2.24 bits per heavy atom. The van der Waals surface area contributed by atoms with Gasteiger partial charge < -0.3 is 5.11 Å². The third kappa shape index (κ3) is 2.82. The number of amides is 1. The van der Waals surface area contributed by atoms with Crippen molar-refractivity contribution in [3.05, 3.63) is 21.9 Å². The Bertz CT molecular complexity index is 582. The van der Waals surface area contributed by atoms with E-state index < -0.39 is 24.2 Å². The Morgan fingerprint density at radius 3 is 2.71 bits per heavy atom. The smallest absolute Gasteiger partial charge is 0.362 e. The molecule has 0 aromatic carbocycles. The van der Waals surface area contributed by atoms with E-state index in [2.05, 4.69) is 5.10 Å². The average molecular weight is 320 g/mol. The fourth-order valence-electron chi connectivity index (χ4n) is 2.13. The van der Waals surface area contributed by atoms with Gasteiger partial charge in [-0.3, -0.25) is 4.79 Å². The molecule has 0 bridgehead atoms. The molecule has 116 valence electrons. The van der Waals surface area contributed by atoms with E-state index in [0.717, 1.165) is 16.9 Å². The highest BCUT2D eigenvalue weighted by Gasteiger charge is 2.63. The van der Waals surface area contributed by atoms with Gasteiger partial charge in [-0.2, -0.15) is 23.3 Å². The van der Waals surface area contributed by atoms with E-state index in [-0.39, 0.29) is 15.6 Å². The molecule has 4 nitrogen and oxygen atoms in total. The maximum Gasteiger partial charge on any atom is 0.438 e. The molecule has 1 aromatic heterocycles. The number of halogens is 3. The van der Waals surface area contributed by atoms with Gasteiger partial charge in [0.25, 0.3) is 11.6 Å². The van der Waals surface area contributed by atoms with Crippen LogP contribution in [0.3, 0.4) is 0 Å². The first kappa shape index (κ1) is 16.0. The third-order valence-corrected chi connectivity index (χ3v) is 4.20. The Labute approximate surface area is 123 Å². The quantitative estimate of drug-likeness (QED) is 0.929. The van der Waals surface area contributed by atoms with Crippen molar-refractivity contribution in [2.75, 3.05) is 0 Å². The predicted molar refractivity (Wildman–Crippen MR) is 73.2 cm³/mol. The predicted octanol–water partition coefficient (Wildman–Crippen LogP) is 3.31. The van der Waals surface area contributed by atoms with Gasteiger partial charge in [0.1, 0.15) is 0 Å². The van der Waals surface area contributed by atoms with E-state index in [4.69, 9.17) is 0 Å². The fraction of sp³-hybridized carbons (Fsp3) is 0.538. The van der Waals surface area contributed by atoms with Crippen molar-refractivity contribution >= 4 is 23.0 Å². The molecule has 0 radical (unpaired) electrons. The SMILES string of the molecule is CCCC1=NN(C(=O)c2cc(C)cs2)[C@@](O)(C(F)(F)F)C1. The van der Waals surface area contributed by atoms with Gasteiger partial charge in [0.05, 0.1) is 4.88 Å². The number of hydrazone groups is 1. The van der Waals surface area contributed by atoms with Gasteiger partial charge in [-0.1, -0.05) is 13.3 Å². The van der Waals surface area contributed by atoms with Crippen molar-refractivity contribution in [1.82, 2.24) is 5.01 Å². The lowest BCUT2D eigenvalue weighted by Gasteiger charge is -2.32. The molecule has 2 rings (SSSR count). The molecule has 0 spiro atoms. The summed E-state index contributed by atoms with van der Waals surface area (Å²) in [6.45, 7) is 3.53. The first-order valence-electron chi connectivity index (χ1n) is 6.44. The van der Waals surface area contributed by atoms with E-state index >= 15 is 0 Å². The number of aliphatic hydroxyl groups is 1. The molecule has 2 heterocycles. The second kappa shape index (κ2) is 5.42. The zero-order valence-corrected chi connectivity index (χ0v) is 12.4. The zero-order valence-electron chi connectivity index (χ0n) is 11.6. The lowest BCUT2D eigenvalue weighted by atomic mass is 10.0. The molecule has 0 saturated heterocycles. The minimum absolute atomic E-state index is 0.122. The molecule has 1 atom stereocenters. The maximum atomic E-state index is 13.2. The average Bonchev–Trinajstić information content (AvgIpc) is 2.93. The van der Waals surface area contributed by atoms with Crippen LogP contribution < -0.4 is 0 Å². The first-order chi connectivity index (χ1) is 9.69. The van der Waals surface area contributed by atoms with Crippen LogP contribution in [0.4, 0.5) is 13.2 Å². The largest absolute Gasteiger partial charge is 0.438 e. The molecule has 1 aromatic rings. The van der Waals surface area contributed by atoms with Gasteiger partial charge >= 0.3 is 6.18 Å². The molecule has 8 heteroatoms. The molecular formula is C13H15F3N2O2S. The van der Waals surface area contributed by atoms with Crippen molar-refractivity contribution in [3.8, 4) is 0 Å². The number of carbonyl (C=O) groups is 1. The van der Waals surface area contributed by atoms with Crippen molar-refractivity contribution in [2.24, 2.45) is 5.10 Å². The van der Waals surface area contributed by atoms with Crippen molar-refractivity contribution in [3.63, 3.8) is 0 Å². The summed E-state index contributed by atoms with van der Waals surface area (Å²) in [6, 6.07) is 1.48. The second-order valence-electron chi connectivity index (χ2n) is 5.01.